The third-order valence-electron chi connectivity index (χ3n) is 2.28. The van der Waals surface area contributed by atoms with E-state index in [0.717, 1.165) is 5.69 Å². The summed E-state index contributed by atoms with van der Waals surface area (Å²) in [5.74, 6) is 0.448. The van der Waals surface area contributed by atoms with Crippen LogP contribution < -0.4 is 11.1 Å². The van der Waals surface area contributed by atoms with Crippen molar-refractivity contribution in [1.82, 2.24) is 4.98 Å². The van der Waals surface area contributed by atoms with Crippen molar-refractivity contribution >= 4 is 5.69 Å². The van der Waals surface area contributed by atoms with Crippen LogP contribution in [-0.2, 0) is 0 Å². The fraction of sp³-hybridized carbons (Fsp3) is 0.455. The summed E-state index contributed by atoms with van der Waals surface area (Å²) in [6, 6.07) is 5.61. The van der Waals surface area contributed by atoms with E-state index < -0.39 is 0 Å². The standard InChI is InChI=1S/C11H16N4/c1-8(2)11(13)7-15-10-4-3-9(5-12)14-6-10/h3-4,6,8,11,15H,7,13H2,1-2H3. The Labute approximate surface area is 90.1 Å². The Morgan fingerprint density at radius 1 is 1.53 bits per heavy atom. The predicted octanol–water partition coefficient (Wildman–Crippen LogP) is 1.35. The predicted molar refractivity (Wildman–Crippen MR) is 60.3 cm³/mol. The summed E-state index contributed by atoms with van der Waals surface area (Å²) in [4.78, 5) is 3.96. The van der Waals surface area contributed by atoms with Gasteiger partial charge < -0.3 is 11.1 Å². The second-order valence-electron chi connectivity index (χ2n) is 3.83. The van der Waals surface area contributed by atoms with Gasteiger partial charge in [-0.15, -0.1) is 0 Å². The summed E-state index contributed by atoms with van der Waals surface area (Å²) in [5.41, 5.74) is 7.20. The molecule has 0 amide bonds. The second kappa shape index (κ2) is 5.32. The normalized spacial score (nSPS) is 12.2. The van der Waals surface area contributed by atoms with E-state index in [-0.39, 0.29) is 6.04 Å². The fourth-order valence-electron chi connectivity index (χ4n) is 1.04. The van der Waals surface area contributed by atoms with Gasteiger partial charge in [-0.25, -0.2) is 4.98 Å². The second-order valence-corrected chi connectivity index (χ2v) is 3.83. The molecule has 0 aliphatic heterocycles. The van der Waals surface area contributed by atoms with Crippen LogP contribution in [0.4, 0.5) is 5.69 Å². The highest BCUT2D eigenvalue weighted by Gasteiger charge is 2.06. The van der Waals surface area contributed by atoms with Crippen LogP contribution in [-0.4, -0.2) is 17.6 Å². The molecular formula is C11H16N4. The molecule has 0 radical (unpaired) electrons. The minimum absolute atomic E-state index is 0.126. The van der Waals surface area contributed by atoms with Gasteiger partial charge in [0.15, 0.2) is 0 Å². The third kappa shape index (κ3) is 3.56. The zero-order chi connectivity index (χ0) is 11.3. The summed E-state index contributed by atoms with van der Waals surface area (Å²) in [7, 11) is 0. The SMILES string of the molecule is CC(C)C(N)CNc1ccc(C#N)nc1. The largest absolute Gasteiger partial charge is 0.382 e. The Morgan fingerprint density at radius 3 is 2.73 bits per heavy atom. The molecule has 1 heterocycles. The highest BCUT2D eigenvalue weighted by molar-refractivity contribution is 5.42. The first-order valence-electron chi connectivity index (χ1n) is 4.99. The summed E-state index contributed by atoms with van der Waals surface area (Å²) in [5, 5.41) is 11.7. The van der Waals surface area contributed by atoms with Crippen molar-refractivity contribution in [2.24, 2.45) is 11.7 Å². The maximum Gasteiger partial charge on any atom is 0.140 e. The van der Waals surface area contributed by atoms with Gasteiger partial charge in [0.2, 0.25) is 0 Å². The van der Waals surface area contributed by atoms with E-state index in [0.29, 0.717) is 18.2 Å². The third-order valence-corrected chi connectivity index (χ3v) is 2.28. The maximum absolute atomic E-state index is 8.57. The number of rotatable bonds is 4. The van der Waals surface area contributed by atoms with E-state index in [4.69, 9.17) is 11.0 Å². The highest BCUT2D eigenvalue weighted by Crippen LogP contribution is 2.06. The van der Waals surface area contributed by atoms with Crippen LogP contribution in [0.3, 0.4) is 0 Å². The molecule has 80 valence electrons. The van der Waals surface area contributed by atoms with Crippen molar-refractivity contribution < 1.29 is 0 Å². The average molecular weight is 204 g/mol. The molecule has 0 saturated heterocycles. The van der Waals surface area contributed by atoms with Crippen LogP contribution in [0.25, 0.3) is 0 Å². The number of nitrogens with zero attached hydrogens (tertiary/aromatic N) is 2. The van der Waals surface area contributed by atoms with E-state index >= 15 is 0 Å². The van der Waals surface area contributed by atoms with Crippen LogP contribution >= 0.6 is 0 Å². The molecular weight excluding hydrogens is 188 g/mol. The number of aromatic nitrogens is 1. The van der Waals surface area contributed by atoms with Crippen molar-refractivity contribution in [2.75, 3.05) is 11.9 Å². The van der Waals surface area contributed by atoms with Gasteiger partial charge in [-0.3, -0.25) is 0 Å². The van der Waals surface area contributed by atoms with E-state index in [1.807, 2.05) is 12.1 Å². The molecule has 0 aliphatic rings. The van der Waals surface area contributed by atoms with Gasteiger partial charge in [-0.1, -0.05) is 13.8 Å². The molecule has 0 aromatic carbocycles. The Kier molecular flexibility index (Phi) is 4.07. The van der Waals surface area contributed by atoms with Crippen LogP contribution in [0.1, 0.15) is 19.5 Å². The number of nitrogens with one attached hydrogen (secondary N) is 1. The number of nitriles is 1. The molecule has 1 aromatic heterocycles. The fourth-order valence-corrected chi connectivity index (χ4v) is 1.04. The summed E-state index contributed by atoms with van der Waals surface area (Å²) >= 11 is 0. The zero-order valence-electron chi connectivity index (χ0n) is 9.07. The molecule has 0 bridgehead atoms. The Hall–Kier alpha value is -1.60. The first-order valence-corrected chi connectivity index (χ1v) is 4.99. The molecule has 0 fully saturated rings. The van der Waals surface area contributed by atoms with Gasteiger partial charge in [0.05, 0.1) is 11.9 Å². The van der Waals surface area contributed by atoms with E-state index in [1.54, 1.807) is 12.3 Å². The first kappa shape index (κ1) is 11.5. The van der Waals surface area contributed by atoms with Gasteiger partial charge in [0.1, 0.15) is 11.8 Å². The topological polar surface area (TPSA) is 74.7 Å². The van der Waals surface area contributed by atoms with Crippen molar-refractivity contribution in [3.8, 4) is 6.07 Å². The molecule has 1 atom stereocenters. The van der Waals surface area contributed by atoms with Crippen molar-refractivity contribution in [3.05, 3.63) is 24.0 Å². The van der Waals surface area contributed by atoms with Crippen LogP contribution in [0.5, 0.6) is 0 Å². The lowest BCUT2D eigenvalue weighted by molar-refractivity contribution is 0.511. The molecule has 4 nitrogen and oxygen atoms in total. The highest BCUT2D eigenvalue weighted by atomic mass is 14.9. The minimum Gasteiger partial charge on any atom is -0.382 e. The molecule has 0 saturated carbocycles. The maximum atomic E-state index is 8.57. The van der Waals surface area contributed by atoms with Gasteiger partial charge in [0, 0.05) is 12.6 Å². The number of nitrogens with two attached hydrogens (primary N) is 1. The molecule has 4 heteroatoms. The van der Waals surface area contributed by atoms with Gasteiger partial charge >= 0.3 is 0 Å². The quantitative estimate of drug-likeness (QED) is 0.776. The van der Waals surface area contributed by atoms with Crippen LogP contribution in [0, 0.1) is 17.2 Å². The lowest BCUT2D eigenvalue weighted by Gasteiger charge is -2.16. The average Bonchev–Trinajstić information content (AvgIpc) is 2.26. The van der Waals surface area contributed by atoms with E-state index in [9.17, 15) is 0 Å². The van der Waals surface area contributed by atoms with E-state index in [2.05, 4.69) is 24.1 Å². The van der Waals surface area contributed by atoms with Crippen molar-refractivity contribution in [2.45, 2.75) is 19.9 Å². The first-order chi connectivity index (χ1) is 7.13. The molecule has 15 heavy (non-hydrogen) atoms. The zero-order valence-corrected chi connectivity index (χ0v) is 9.07. The minimum atomic E-state index is 0.126. The molecule has 0 aliphatic carbocycles. The van der Waals surface area contributed by atoms with E-state index in [1.165, 1.54) is 0 Å². The Morgan fingerprint density at radius 2 is 2.27 bits per heavy atom. The summed E-state index contributed by atoms with van der Waals surface area (Å²) < 4.78 is 0. The Balaban J connectivity index is 2.48. The lowest BCUT2D eigenvalue weighted by atomic mass is 10.1. The number of hydrogen-bond acceptors (Lipinski definition) is 4. The van der Waals surface area contributed by atoms with Crippen LogP contribution in [0.2, 0.25) is 0 Å². The molecule has 0 spiro atoms. The monoisotopic (exact) mass is 204 g/mol. The number of pyridine rings is 1. The molecule has 1 unspecified atom stereocenters. The number of anilines is 1. The molecule has 1 rings (SSSR count). The lowest BCUT2D eigenvalue weighted by Crippen LogP contribution is -2.33. The van der Waals surface area contributed by atoms with Gasteiger partial charge in [0.25, 0.3) is 0 Å². The summed E-state index contributed by atoms with van der Waals surface area (Å²) in [6.07, 6.45) is 1.64. The van der Waals surface area contributed by atoms with Crippen LogP contribution in [0.15, 0.2) is 18.3 Å². The number of hydrogen-bond donors (Lipinski definition) is 2. The molecule has 1 aromatic rings. The molecule has 3 N–H and O–H groups in total. The van der Waals surface area contributed by atoms with Crippen molar-refractivity contribution in [1.29, 1.82) is 5.26 Å². The van der Waals surface area contributed by atoms with Gasteiger partial charge in [-0.05, 0) is 18.1 Å². The van der Waals surface area contributed by atoms with Crippen molar-refractivity contribution in [3.63, 3.8) is 0 Å². The van der Waals surface area contributed by atoms with Gasteiger partial charge in [-0.2, -0.15) is 5.26 Å². The smallest absolute Gasteiger partial charge is 0.140 e. The summed E-state index contributed by atoms with van der Waals surface area (Å²) in [6.45, 7) is 4.89. The Bertz CT molecular complexity index is 337.